The minimum atomic E-state index is -0.804. The van der Waals surface area contributed by atoms with Gasteiger partial charge in [-0.2, -0.15) is 0 Å². The number of rotatable bonds is 63. The molecule has 0 rings (SSSR count). The minimum Gasteiger partial charge on any atom is -0.462 e. The molecule has 1 unspecified atom stereocenters. The van der Waals surface area contributed by atoms with Gasteiger partial charge in [0.2, 0.25) is 0 Å². The minimum absolute atomic E-state index is 0.0933. The number of carbonyl (C=O) groups excluding carboxylic acids is 3. The van der Waals surface area contributed by atoms with Gasteiger partial charge in [0, 0.05) is 19.3 Å². The zero-order chi connectivity index (χ0) is 58.5. The summed E-state index contributed by atoms with van der Waals surface area (Å²) >= 11 is 0. The van der Waals surface area contributed by atoms with Gasteiger partial charge in [-0.05, 0) is 96.3 Å². The smallest absolute Gasteiger partial charge is 0.306 e. The van der Waals surface area contributed by atoms with Crippen LogP contribution in [0.4, 0.5) is 0 Å². The van der Waals surface area contributed by atoms with E-state index in [9.17, 15) is 14.4 Å². The van der Waals surface area contributed by atoms with Crippen molar-refractivity contribution in [3.63, 3.8) is 0 Å². The summed E-state index contributed by atoms with van der Waals surface area (Å²) in [5.74, 6) is -0.941. The molecule has 0 saturated heterocycles. The maximum Gasteiger partial charge on any atom is 0.306 e. The molecule has 0 saturated carbocycles. The lowest BCUT2D eigenvalue weighted by atomic mass is 10.0. The average molecular weight is 1130 g/mol. The van der Waals surface area contributed by atoms with E-state index in [2.05, 4.69) is 118 Å². The Bertz CT molecular complexity index is 1580. The third-order valence-corrected chi connectivity index (χ3v) is 15.1. The fraction of sp³-hybridized carbons (Fsp3) is 0.747. The molecule has 0 aliphatic carbocycles. The Balaban J connectivity index is 4.46. The van der Waals surface area contributed by atoms with Gasteiger partial charge in [0.1, 0.15) is 13.2 Å². The van der Waals surface area contributed by atoms with Crippen molar-refractivity contribution < 1.29 is 28.6 Å². The molecule has 0 amide bonds. The van der Waals surface area contributed by atoms with Crippen molar-refractivity contribution in [1.29, 1.82) is 0 Å². The van der Waals surface area contributed by atoms with Gasteiger partial charge in [0.25, 0.3) is 0 Å². The molecule has 0 aromatic carbocycles. The van der Waals surface area contributed by atoms with Gasteiger partial charge in [-0.25, -0.2) is 0 Å². The summed E-state index contributed by atoms with van der Waals surface area (Å²) in [5, 5.41) is 0. The second-order valence-electron chi connectivity index (χ2n) is 23.1. The summed E-state index contributed by atoms with van der Waals surface area (Å²) in [5.41, 5.74) is 0. The molecule has 0 radical (unpaired) electrons. The Labute approximate surface area is 502 Å². The number of esters is 3. The zero-order valence-electron chi connectivity index (χ0n) is 53.5. The van der Waals surface area contributed by atoms with E-state index in [1.807, 2.05) is 0 Å². The molecule has 0 heterocycles. The quantitative estimate of drug-likeness (QED) is 0.0261. The zero-order valence-corrected chi connectivity index (χ0v) is 53.5. The van der Waals surface area contributed by atoms with Crippen LogP contribution >= 0.6 is 0 Å². The number of hydrogen-bond acceptors (Lipinski definition) is 6. The van der Waals surface area contributed by atoms with E-state index in [0.29, 0.717) is 19.3 Å². The van der Waals surface area contributed by atoms with Crippen LogP contribution in [-0.2, 0) is 28.6 Å². The van der Waals surface area contributed by atoms with Crippen LogP contribution in [0.1, 0.15) is 342 Å². The predicted octanol–water partition coefficient (Wildman–Crippen LogP) is 24.0. The summed E-state index contributed by atoms with van der Waals surface area (Å²) < 4.78 is 16.9. The van der Waals surface area contributed by atoms with Crippen molar-refractivity contribution in [2.75, 3.05) is 13.2 Å². The lowest BCUT2D eigenvalue weighted by Crippen LogP contribution is -2.30. The SMILES string of the molecule is CC/C=C\C/C=C\C/C=C\C/C=C\C/C=C\C/C=C\C/C=C\CCCC(=O)OCC(COC(=O)CCCCCCCCCCCCCCCCCCCCC)OC(=O)CCCCCCCCCCC/C=C\CCCCCCCCCC. The van der Waals surface area contributed by atoms with Gasteiger partial charge in [-0.3, -0.25) is 14.4 Å². The van der Waals surface area contributed by atoms with Gasteiger partial charge < -0.3 is 14.2 Å². The number of allylic oxidation sites excluding steroid dienone is 16. The van der Waals surface area contributed by atoms with Crippen LogP contribution < -0.4 is 0 Å². The van der Waals surface area contributed by atoms with Gasteiger partial charge in [0.15, 0.2) is 6.10 Å². The number of ether oxygens (including phenoxy) is 3. The molecule has 0 aromatic rings. The fourth-order valence-corrected chi connectivity index (χ4v) is 9.90. The molecule has 1 atom stereocenters. The average Bonchev–Trinajstić information content (AvgIpc) is 3.47. The Kier molecular flexibility index (Phi) is 65.7. The Morgan fingerprint density at radius 3 is 0.815 bits per heavy atom. The molecule has 0 bridgehead atoms. The number of unbranched alkanes of at least 4 members (excludes halogenated alkanes) is 36. The monoisotopic (exact) mass is 1130 g/mol. The molecule has 6 nitrogen and oxygen atoms in total. The van der Waals surface area contributed by atoms with Crippen LogP contribution in [0.5, 0.6) is 0 Å². The summed E-state index contributed by atoms with van der Waals surface area (Å²) in [6.45, 7) is 6.53. The maximum absolute atomic E-state index is 13.0. The van der Waals surface area contributed by atoms with Crippen LogP contribution in [0, 0.1) is 0 Å². The third-order valence-electron chi connectivity index (χ3n) is 15.1. The Morgan fingerprint density at radius 2 is 0.494 bits per heavy atom. The normalized spacial score (nSPS) is 12.7. The molecule has 0 aliphatic heterocycles. The molecule has 0 aromatic heterocycles. The lowest BCUT2D eigenvalue weighted by Gasteiger charge is -2.18. The molecule has 81 heavy (non-hydrogen) atoms. The standard InChI is InChI=1S/C75H130O6/c1-4-7-10-13-16-19-22-25-28-31-34-36-37-39-41-44-47-50-53-56-59-62-65-68-74(77)80-71-72(70-79-73(76)67-64-61-58-55-52-49-46-43-40-33-30-27-24-21-18-15-12-9-6-3)81-75(78)69-66-63-60-57-54-51-48-45-42-38-35-32-29-26-23-20-17-14-11-8-5-2/h7,10,16,19,25,28,32,34-36,39,41,47,50,56,59,72H,4-6,8-9,11-15,17-18,20-24,26-27,29-31,33,37-38,40,42-46,48-49,51-55,57-58,60-71H2,1-3H3/b10-7-,19-16-,28-25-,35-32-,36-34-,41-39-,50-47-,59-56-. The molecule has 466 valence electrons. The van der Waals surface area contributed by atoms with Crippen molar-refractivity contribution >= 4 is 17.9 Å². The van der Waals surface area contributed by atoms with Crippen molar-refractivity contribution in [3.8, 4) is 0 Å². The first kappa shape index (κ1) is 77.3. The van der Waals surface area contributed by atoms with E-state index in [1.54, 1.807) is 0 Å². The third kappa shape index (κ3) is 67.0. The highest BCUT2D eigenvalue weighted by Crippen LogP contribution is 2.17. The summed E-state index contributed by atoms with van der Waals surface area (Å²) in [4.78, 5) is 38.4. The number of hydrogen-bond donors (Lipinski definition) is 0. The summed E-state index contributed by atoms with van der Waals surface area (Å²) in [7, 11) is 0. The van der Waals surface area contributed by atoms with E-state index in [1.165, 1.54) is 205 Å². The highest BCUT2D eigenvalue weighted by Gasteiger charge is 2.19. The Hall–Kier alpha value is -3.67. The fourth-order valence-electron chi connectivity index (χ4n) is 9.90. The van der Waals surface area contributed by atoms with Crippen LogP contribution in [0.2, 0.25) is 0 Å². The van der Waals surface area contributed by atoms with Crippen LogP contribution in [0.3, 0.4) is 0 Å². The van der Waals surface area contributed by atoms with Gasteiger partial charge in [-0.15, -0.1) is 0 Å². The van der Waals surface area contributed by atoms with Crippen LogP contribution in [-0.4, -0.2) is 37.2 Å². The van der Waals surface area contributed by atoms with Crippen LogP contribution in [0.25, 0.3) is 0 Å². The second kappa shape index (κ2) is 68.8. The molecule has 0 aliphatic rings. The topological polar surface area (TPSA) is 78.9 Å². The van der Waals surface area contributed by atoms with E-state index >= 15 is 0 Å². The molecular formula is C75H130O6. The second-order valence-corrected chi connectivity index (χ2v) is 23.1. The summed E-state index contributed by atoms with van der Waals surface area (Å²) in [6.07, 6.45) is 92.9. The Morgan fingerprint density at radius 1 is 0.259 bits per heavy atom. The van der Waals surface area contributed by atoms with Crippen molar-refractivity contribution in [3.05, 3.63) is 97.2 Å². The first-order valence-electron chi connectivity index (χ1n) is 34.7. The summed E-state index contributed by atoms with van der Waals surface area (Å²) in [6, 6.07) is 0. The largest absolute Gasteiger partial charge is 0.462 e. The van der Waals surface area contributed by atoms with Crippen molar-refractivity contribution in [2.24, 2.45) is 0 Å². The van der Waals surface area contributed by atoms with E-state index < -0.39 is 6.10 Å². The first-order chi connectivity index (χ1) is 40.0. The molecule has 0 N–H and O–H groups in total. The molecular weight excluding hydrogens is 997 g/mol. The molecule has 0 spiro atoms. The van der Waals surface area contributed by atoms with Crippen LogP contribution in [0.15, 0.2) is 97.2 Å². The lowest BCUT2D eigenvalue weighted by molar-refractivity contribution is -0.167. The van der Waals surface area contributed by atoms with E-state index in [0.717, 1.165) is 89.9 Å². The maximum atomic E-state index is 13.0. The highest BCUT2D eigenvalue weighted by molar-refractivity contribution is 5.71. The van der Waals surface area contributed by atoms with E-state index in [4.69, 9.17) is 14.2 Å². The predicted molar refractivity (Wildman–Crippen MR) is 353 cm³/mol. The van der Waals surface area contributed by atoms with Gasteiger partial charge >= 0.3 is 17.9 Å². The van der Waals surface area contributed by atoms with Crippen molar-refractivity contribution in [1.82, 2.24) is 0 Å². The van der Waals surface area contributed by atoms with Crippen molar-refractivity contribution in [2.45, 2.75) is 348 Å². The van der Waals surface area contributed by atoms with Gasteiger partial charge in [0.05, 0.1) is 0 Å². The molecule has 0 fully saturated rings. The van der Waals surface area contributed by atoms with Gasteiger partial charge in [-0.1, -0.05) is 323 Å². The number of carbonyl (C=O) groups is 3. The van der Waals surface area contributed by atoms with E-state index in [-0.39, 0.29) is 37.5 Å². The first-order valence-corrected chi connectivity index (χ1v) is 34.7. The molecule has 6 heteroatoms. The highest BCUT2D eigenvalue weighted by atomic mass is 16.6.